The monoisotopic (exact) mass is 814 g/mol. The van der Waals surface area contributed by atoms with Crippen molar-refractivity contribution in [3.05, 3.63) is 155 Å². The van der Waals surface area contributed by atoms with Crippen LogP contribution in [0.2, 0.25) is 0 Å². The van der Waals surface area contributed by atoms with Gasteiger partial charge in [0, 0.05) is 39.4 Å². The largest absolute Gasteiger partial charge is 0.256 e. The molecule has 2 aromatic heterocycles. The average molecular weight is 815 g/mol. The molecule has 4 nitrogen and oxygen atoms in total. The first-order valence-electron chi connectivity index (χ1n) is 22.4. The summed E-state index contributed by atoms with van der Waals surface area (Å²) in [7, 11) is 0. The molecule has 0 bridgehead atoms. The smallest absolute Gasteiger partial charge is 0.164 e. The van der Waals surface area contributed by atoms with Gasteiger partial charge in [-0.05, 0) is 101 Å². The summed E-state index contributed by atoms with van der Waals surface area (Å²) in [6, 6.07) is 42.4. The summed E-state index contributed by atoms with van der Waals surface area (Å²) < 4.78 is 0. The SMILES string of the molecule is CC(C)(C)c1ccc(-c2nc(-c3ccc(C(C)(C)C)cc3)nc(-c3ccc4c(c3)C(C)(C)c3cc(-c5ccc(-c6ccc7c(c6)C(C)(C)C(C)(C)C7(C)C)nc5)ccc3-4)n2)cc1. The van der Waals surface area contributed by atoms with Crippen molar-refractivity contribution in [3.63, 3.8) is 0 Å². The van der Waals surface area contributed by atoms with Crippen molar-refractivity contribution in [2.45, 2.75) is 124 Å². The zero-order valence-corrected chi connectivity index (χ0v) is 39.3. The number of aromatic nitrogens is 4. The molecule has 62 heavy (non-hydrogen) atoms. The van der Waals surface area contributed by atoms with Crippen molar-refractivity contribution in [1.82, 2.24) is 19.9 Å². The maximum atomic E-state index is 5.16. The molecular weight excluding hydrogens is 753 g/mol. The van der Waals surface area contributed by atoms with Crippen molar-refractivity contribution in [2.24, 2.45) is 5.41 Å². The van der Waals surface area contributed by atoms with Crippen LogP contribution >= 0.6 is 0 Å². The second-order valence-electron chi connectivity index (χ2n) is 22.2. The van der Waals surface area contributed by atoms with Crippen molar-refractivity contribution < 1.29 is 0 Å². The van der Waals surface area contributed by atoms with Crippen LogP contribution in [-0.2, 0) is 27.1 Å². The molecule has 7 aromatic rings. The molecule has 9 rings (SSSR count). The quantitative estimate of drug-likeness (QED) is 0.174. The maximum Gasteiger partial charge on any atom is 0.164 e. The second kappa shape index (κ2) is 13.9. The lowest BCUT2D eigenvalue weighted by Crippen LogP contribution is -2.42. The maximum absolute atomic E-state index is 5.16. The number of hydrogen-bond acceptors (Lipinski definition) is 4. The Morgan fingerprint density at radius 3 is 1.26 bits per heavy atom. The van der Waals surface area contributed by atoms with Gasteiger partial charge in [0.05, 0.1) is 5.69 Å². The van der Waals surface area contributed by atoms with Gasteiger partial charge in [0.25, 0.3) is 0 Å². The van der Waals surface area contributed by atoms with Crippen LogP contribution in [0, 0.1) is 5.41 Å². The molecule has 0 saturated heterocycles. The van der Waals surface area contributed by atoms with Gasteiger partial charge in [0.2, 0.25) is 0 Å². The molecule has 5 aromatic carbocycles. The fourth-order valence-electron chi connectivity index (χ4n) is 10.0. The van der Waals surface area contributed by atoms with Crippen LogP contribution < -0.4 is 0 Å². The zero-order chi connectivity index (χ0) is 44.4. The lowest BCUT2D eigenvalue weighted by atomic mass is 9.59. The van der Waals surface area contributed by atoms with Gasteiger partial charge in [-0.15, -0.1) is 0 Å². The fraction of sp³-hybridized carbons (Fsp3) is 0.345. The minimum absolute atomic E-state index is 0.0480. The molecule has 2 aliphatic carbocycles. The highest BCUT2D eigenvalue weighted by atomic mass is 15.0. The Hall–Kier alpha value is -5.74. The Balaban J connectivity index is 1.05. The second-order valence-corrected chi connectivity index (χ2v) is 22.2. The van der Waals surface area contributed by atoms with Crippen LogP contribution in [0.3, 0.4) is 0 Å². The Bertz CT molecular complexity index is 2800. The number of benzene rings is 5. The van der Waals surface area contributed by atoms with Gasteiger partial charge in [0.15, 0.2) is 17.5 Å². The Morgan fingerprint density at radius 1 is 0.371 bits per heavy atom. The molecule has 314 valence electrons. The Kier molecular flexibility index (Phi) is 9.31. The van der Waals surface area contributed by atoms with E-state index in [0.717, 1.165) is 27.9 Å². The molecule has 0 saturated carbocycles. The minimum Gasteiger partial charge on any atom is -0.256 e. The summed E-state index contributed by atoms with van der Waals surface area (Å²) >= 11 is 0. The summed E-state index contributed by atoms with van der Waals surface area (Å²) in [5.41, 5.74) is 18.1. The van der Waals surface area contributed by atoms with E-state index in [0.29, 0.717) is 17.5 Å². The van der Waals surface area contributed by atoms with E-state index in [1.807, 2.05) is 6.20 Å². The van der Waals surface area contributed by atoms with Crippen LogP contribution in [0.25, 0.3) is 67.7 Å². The first-order chi connectivity index (χ1) is 29.0. The minimum atomic E-state index is -0.243. The highest BCUT2D eigenvalue weighted by Crippen LogP contribution is 2.62. The lowest BCUT2D eigenvalue weighted by molar-refractivity contribution is 0.125. The van der Waals surface area contributed by atoms with Crippen molar-refractivity contribution >= 4 is 0 Å². The fourth-order valence-corrected chi connectivity index (χ4v) is 10.0. The van der Waals surface area contributed by atoms with Crippen LogP contribution in [0.5, 0.6) is 0 Å². The van der Waals surface area contributed by atoms with Gasteiger partial charge in [-0.1, -0.05) is 188 Å². The third kappa shape index (κ3) is 6.55. The van der Waals surface area contributed by atoms with Crippen molar-refractivity contribution in [3.8, 4) is 67.7 Å². The summed E-state index contributed by atoms with van der Waals surface area (Å²) in [6.45, 7) is 32.5. The molecule has 0 fully saturated rings. The Labute approximate surface area is 370 Å². The van der Waals surface area contributed by atoms with Gasteiger partial charge in [-0.2, -0.15) is 0 Å². The summed E-state index contributed by atoms with van der Waals surface area (Å²) in [4.78, 5) is 20.5. The van der Waals surface area contributed by atoms with Crippen molar-refractivity contribution in [1.29, 1.82) is 0 Å². The van der Waals surface area contributed by atoms with Crippen LogP contribution in [0.4, 0.5) is 0 Å². The lowest BCUT2D eigenvalue weighted by Gasteiger charge is -2.44. The summed E-state index contributed by atoms with van der Waals surface area (Å²) in [5.74, 6) is 2.02. The van der Waals surface area contributed by atoms with E-state index in [1.54, 1.807) is 0 Å². The summed E-state index contributed by atoms with van der Waals surface area (Å²) in [6.07, 6.45) is 2.04. The van der Waals surface area contributed by atoms with Gasteiger partial charge < -0.3 is 0 Å². The molecule has 0 atom stereocenters. The number of fused-ring (bicyclic) bond motifs is 4. The molecule has 0 amide bonds. The van der Waals surface area contributed by atoms with E-state index in [4.69, 9.17) is 19.9 Å². The molecular formula is C58H62N4. The molecule has 0 spiro atoms. The van der Waals surface area contributed by atoms with Gasteiger partial charge in [-0.3, -0.25) is 4.98 Å². The van der Waals surface area contributed by atoms with Gasteiger partial charge in [0.1, 0.15) is 0 Å². The van der Waals surface area contributed by atoms with Crippen LogP contribution in [0.1, 0.15) is 130 Å². The van der Waals surface area contributed by atoms with Crippen LogP contribution in [-0.4, -0.2) is 19.9 Å². The third-order valence-electron chi connectivity index (χ3n) is 15.5. The Morgan fingerprint density at radius 2 is 0.774 bits per heavy atom. The number of pyridine rings is 1. The molecule has 4 heteroatoms. The molecule has 2 heterocycles. The highest BCUT2D eigenvalue weighted by molar-refractivity contribution is 5.85. The number of rotatable bonds is 5. The van der Waals surface area contributed by atoms with E-state index in [9.17, 15) is 0 Å². The summed E-state index contributed by atoms with van der Waals surface area (Å²) in [5, 5.41) is 0. The predicted octanol–water partition coefficient (Wildman–Crippen LogP) is 15.1. The standard InChI is InChI=1S/C58H62N4/c1-53(2,3)41-23-15-35(16-24-41)50-60-51(36-17-25-42(26-18-36)54(4,5)6)62-52(61-50)39-20-28-44-43-27-19-37(31-46(43)55(7,8)47(44)33-39)40-22-30-49(59-34-40)38-21-29-45-48(32-38)57(11,12)58(13,14)56(45,9)10/h15-34H,1-14H3. The molecule has 2 aliphatic rings. The average Bonchev–Trinajstić information content (AvgIpc) is 3.52. The normalized spacial score (nSPS) is 16.7. The number of hydrogen-bond donors (Lipinski definition) is 0. The molecule has 0 unspecified atom stereocenters. The highest BCUT2D eigenvalue weighted by Gasteiger charge is 2.56. The molecule has 0 N–H and O–H groups in total. The third-order valence-corrected chi connectivity index (χ3v) is 15.5. The van der Waals surface area contributed by atoms with E-state index in [-0.39, 0.29) is 32.5 Å². The number of nitrogens with zero attached hydrogens (tertiary/aromatic N) is 4. The first kappa shape index (κ1) is 41.6. The van der Waals surface area contributed by atoms with Crippen molar-refractivity contribution in [2.75, 3.05) is 0 Å². The molecule has 0 aliphatic heterocycles. The van der Waals surface area contributed by atoms with Gasteiger partial charge in [-0.25, -0.2) is 15.0 Å². The van der Waals surface area contributed by atoms with Crippen LogP contribution in [0.15, 0.2) is 121 Å². The van der Waals surface area contributed by atoms with E-state index in [2.05, 4.69) is 212 Å². The topological polar surface area (TPSA) is 51.6 Å². The molecule has 0 radical (unpaired) electrons. The zero-order valence-electron chi connectivity index (χ0n) is 39.3. The van der Waals surface area contributed by atoms with E-state index >= 15 is 0 Å². The van der Waals surface area contributed by atoms with E-state index in [1.165, 1.54) is 55.6 Å². The van der Waals surface area contributed by atoms with Gasteiger partial charge >= 0.3 is 0 Å². The predicted molar refractivity (Wildman–Crippen MR) is 260 cm³/mol. The first-order valence-corrected chi connectivity index (χ1v) is 22.4. The van der Waals surface area contributed by atoms with E-state index < -0.39 is 0 Å².